The number of ether oxygens (including phenoxy) is 2. The summed E-state index contributed by atoms with van der Waals surface area (Å²) in [5, 5.41) is 9.42. The van der Waals surface area contributed by atoms with E-state index in [2.05, 4.69) is 33.8 Å². The van der Waals surface area contributed by atoms with Crippen molar-refractivity contribution in [2.75, 3.05) is 13.2 Å². The van der Waals surface area contributed by atoms with Crippen LogP contribution in [-0.2, 0) is 19.1 Å². The number of aliphatic hydroxyl groups is 1. The average molecular weight is 421 g/mol. The van der Waals surface area contributed by atoms with Gasteiger partial charge in [0.1, 0.15) is 6.61 Å². The van der Waals surface area contributed by atoms with Gasteiger partial charge in [-0.3, -0.25) is 9.59 Å². The third-order valence-electron chi connectivity index (χ3n) is 8.81. The van der Waals surface area contributed by atoms with Gasteiger partial charge in [-0.1, -0.05) is 45.8 Å². The van der Waals surface area contributed by atoms with Gasteiger partial charge in [0.15, 0.2) is 6.10 Å². The summed E-state index contributed by atoms with van der Waals surface area (Å²) in [6.07, 6.45) is 8.43. The van der Waals surface area contributed by atoms with Crippen LogP contribution < -0.4 is 0 Å². The number of esters is 2. The Labute approximate surface area is 181 Å². The standard InChI is InChI=1S/C25H40O5/c1-16-8-9-20-24(5)12-7-11-23(3,4)19(24)10-13-25(20,6)21(16)22(28)29-15-18(14-26)30-17(2)27/h8,18-21,26H,7,9-15H2,1-6H3. The molecule has 0 spiro atoms. The molecular weight excluding hydrogens is 380 g/mol. The lowest BCUT2D eigenvalue weighted by Crippen LogP contribution is -2.58. The molecule has 170 valence electrons. The molecule has 3 aliphatic carbocycles. The minimum atomic E-state index is -0.810. The van der Waals surface area contributed by atoms with E-state index in [0.29, 0.717) is 17.3 Å². The highest BCUT2D eigenvalue weighted by molar-refractivity contribution is 5.77. The minimum absolute atomic E-state index is 0.105. The zero-order valence-electron chi connectivity index (χ0n) is 19.6. The minimum Gasteiger partial charge on any atom is -0.461 e. The molecule has 0 aromatic rings. The molecule has 0 bridgehead atoms. The van der Waals surface area contributed by atoms with Crippen molar-refractivity contribution in [3.63, 3.8) is 0 Å². The zero-order valence-corrected chi connectivity index (χ0v) is 19.6. The summed E-state index contributed by atoms with van der Waals surface area (Å²) < 4.78 is 10.6. The largest absolute Gasteiger partial charge is 0.461 e. The highest BCUT2D eigenvalue weighted by Gasteiger charge is 2.62. The molecule has 2 fully saturated rings. The van der Waals surface area contributed by atoms with Crippen LogP contribution in [0.2, 0.25) is 0 Å². The molecular formula is C25H40O5. The molecule has 2 saturated carbocycles. The molecule has 0 radical (unpaired) electrons. The van der Waals surface area contributed by atoms with Crippen molar-refractivity contribution in [2.45, 2.75) is 86.2 Å². The van der Waals surface area contributed by atoms with E-state index in [-0.39, 0.29) is 35.9 Å². The molecule has 3 aliphatic rings. The summed E-state index contributed by atoms with van der Waals surface area (Å²) in [5.74, 6) is 0.112. The number of rotatable bonds is 5. The summed E-state index contributed by atoms with van der Waals surface area (Å²) in [5.41, 5.74) is 1.53. The fourth-order valence-corrected chi connectivity index (χ4v) is 7.58. The number of aliphatic hydroxyl groups excluding tert-OH is 1. The van der Waals surface area contributed by atoms with E-state index in [9.17, 15) is 14.7 Å². The van der Waals surface area contributed by atoms with E-state index in [4.69, 9.17) is 9.47 Å². The second-order valence-corrected chi connectivity index (χ2v) is 11.2. The number of hydrogen-bond acceptors (Lipinski definition) is 5. The van der Waals surface area contributed by atoms with E-state index < -0.39 is 12.1 Å². The first-order valence-corrected chi connectivity index (χ1v) is 11.6. The molecule has 0 saturated heterocycles. The topological polar surface area (TPSA) is 72.8 Å². The van der Waals surface area contributed by atoms with Crippen LogP contribution in [0.15, 0.2) is 11.6 Å². The third kappa shape index (κ3) is 3.94. The van der Waals surface area contributed by atoms with Gasteiger partial charge in [0.25, 0.3) is 0 Å². The van der Waals surface area contributed by atoms with Crippen molar-refractivity contribution in [1.82, 2.24) is 0 Å². The molecule has 0 aromatic carbocycles. The van der Waals surface area contributed by atoms with Crippen LogP contribution in [-0.4, -0.2) is 36.4 Å². The first-order valence-electron chi connectivity index (χ1n) is 11.6. The first kappa shape index (κ1) is 23.3. The highest BCUT2D eigenvalue weighted by Crippen LogP contribution is 2.68. The molecule has 6 atom stereocenters. The Bertz CT molecular complexity index is 710. The van der Waals surface area contributed by atoms with Crippen molar-refractivity contribution in [2.24, 2.45) is 34.0 Å². The highest BCUT2D eigenvalue weighted by atomic mass is 16.6. The van der Waals surface area contributed by atoms with Crippen molar-refractivity contribution in [3.8, 4) is 0 Å². The van der Waals surface area contributed by atoms with Crippen LogP contribution in [0.5, 0.6) is 0 Å². The second-order valence-electron chi connectivity index (χ2n) is 11.2. The maximum Gasteiger partial charge on any atom is 0.313 e. The number of allylic oxidation sites excluding steroid dienone is 1. The van der Waals surface area contributed by atoms with Gasteiger partial charge in [-0.15, -0.1) is 0 Å². The molecule has 0 aliphatic heterocycles. The number of carbonyl (C=O) groups excluding carboxylic acids is 2. The van der Waals surface area contributed by atoms with Crippen molar-refractivity contribution >= 4 is 11.9 Å². The number of hydrogen-bond donors (Lipinski definition) is 1. The molecule has 5 nitrogen and oxygen atoms in total. The monoisotopic (exact) mass is 420 g/mol. The SMILES string of the molecule is CC(=O)OC(CO)COC(=O)C1C(C)=CCC2C1(C)CCC1C(C)(C)CCCC12C. The van der Waals surface area contributed by atoms with Gasteiger partial charge in [0.05, 0.1) is 12.5 Å². The van der Waals surface area contributed by atoms with Gasteiger partial charge in [-0.05, 0) is 67.1 Å². The van der Waals surface area contributed by atoms with Gasteiger partial charge in [0.2, 0.25) is 0 Å². The zero-order chi connectivity index (χ0) is 22.3. The van der Waals surface area contributed by atoms with Crippen LogP contribution in [0, 0.1) is 34.0 Å². The molecule has 3 rings (SSSR count). The van der Waals surface area contributed by atoms with E-state index in [1.807, 2.05) is 6.92 Å². The van der Waals surface area contributed by atoms with E-state index in [1.165, 1.54) is 26.2 Å². The average Bonchev–Trinajstić information content (AvgIpc) is 2.63. The second kappa shape index (κ2) is 8.29. The lowest BCUT2D eigenvalue weighted by Gasteiger charge is -2.64. The van der Waals surface area contributed by atoms with E-state index in [1.54, 1.807) is 0 Å². The summed E-state index contributed by atoms with van der Waals surface area (Å²) in [7, 11) is 0. The van der Waals surface area contributed by atoms with Gasteiger partial charge in [0, 0.05) is 6.92 Å². The summed E-state index contributed by atoms with van der Waals surface area (Å²) >= 11 is 0. The third-order valence-corrected chi connectivity index (χ3v) is 8.81. The lowest BCUT2D eigenvalue weighted by atomic mass is 9.40. The molecule has 5 heteroatoms. The predicted molar refractivity (Wildman–Crippen MR) is 116 cm³/mol. The smallest absolute Gasteiger partial charge is 0.313 e. The fraction of sp³-hybridized carbons (Fsp3) is 0.840. The van der Waals surface area contributed by atoms with Crippen molar-refractivity contribution < 1.29 is 24.2 Å². The predicted octanol–water partition coefficient (Wildman–Crippen LogP) is 4.67. The molecule has 0 amide bonds. The van der Waals surface area contributed by atoms with Gasteiger partial charge in [-0.2, -0.15) is 0 Å². The summed E-state index contributed by atoms with van der Waals surface area (Å²) in [6, 6.07) is 0. The quantitative estimate of drug-likeness (QED) is 0.517. The molecule has 6 unspecified atom stereocenters. The Morgan fingerprint density at radius 3 is 2.47 bits per heavy atom. The maximum absolute atomic E-state index is 13.3. The Balaban J connectivity index is 1.83. The summed E-state index contributed by atoms with van der Waals surface area (Å²) in [4.78, 5) is 24.5. The Morgan fingerprint density at radius 2 is 1.83 bits per heavy atom. The normalized spacial score (nSPS) is 38.5. The van der Waals surface area contributed by atoms with Crippen LogP contribution >= 0.6 is 0 Å². The van der Waals surface area contributed by atoms with E-state index in [0.717, 1.165) is 24.8 Å². The van der Waals surface area contributed by atoms with Crippen LogP contribution in [0.1, 0.15) is 80.1 Å². The van der Waals surface area contributed by atoms with Gasteiger partial charge < -0.3 is 14.6 Å². The van der Waals surface area contributed by atoms with Gasteiger partial charge >= 0.3 is 11.9 Å². The molecule has 0 heterocycles. The number of carbonyl (C=O) groups is 2. The Morgan fingerprint density at radius 1 is 1.13 bits per heavy atom. The fourth-order valence-electron chi connectivity index (χ4n) is 7.58. The van der Waals surface area contributed by atoms with E-state index >= 15 is 0 Å². The first-order chi connectivity index (χ1) is 14.0. The summed E-state index contributed by atoms with van der Waals surface area (Å²) in [6.45, 7) is 12.5. The van der Waals surface area contributed by atoms with Crippen LogP contribution in [0.4, 0.5) is 0 Å². The Kier molecular flexibility index (Phi) is 6.44. The van der Waals surface area contributed by atoms with Crippen LogP contribution in [0.25, 0.3) is 0 Å². The maximum atomic E-state index is 13.3. The molecule has 1 N–H and O–H groups in total. The lowest BCUT2D eigenvalue weighted by molar-refractivity contribution is -0.177. The Hall–Kier alpha value is -1.36. The van der Waals surface area contributed by atoms with Crippen LogP contribution in [0.3, 0.4) is 0 Å². The molecule has 30 heavy (non-hydrogen) atoms. The van der Waals surface area contributed by atoms with Gasteiger partial charge in [-0.25, -0.2) is 0 Å². The van der Waals surface area contributed by atoms with Crippen molar-refractivity contribution in [3.05, 3.63) is 11.6 Å². The number of fused-ring (bicyclic) bond motifs is 3. The van der Waals surface area contributed by atoms with Crippen molar-refractivity contribution in [1.29, 1.82) is 0 Å². The molecule has 0 aromatic heterocycles.